The molecular formula is C13H17BrO2. The second kappa shape index (κ2) is 6.04. The number of benzene rings is 1. The SMILES string of the molecule is CCC(C)C(=O)COc1ccc(C)cc1Br. The van der Waals surface area contributed by atoms with Crippen LogP contribution in [0.2, 0.25) is 0 Å². The third kappa shape index (κ3) is 3.63. The first kappa shape index (κ1) is 13.2. The van der Waals surface area contributed by atoms with Crippen LogP contribution in [0.3, 0.4) is 0 Å². The monoisotopic (exact) mass is 284 g/mol. The normalized spacial score (nSPS) is 12.2. The van der Waals surface area contributed by atoms with Crippen molar-refractivity contribution in [1.82, 2.24) is 0 Å². The lowest BCUT2D eigenvalue weighted by Gasteiger charge is -2.10. The zero-order chi connectivity index (χ0) is 12.1. The van der Waals surface area contributed by atoms with Gasteiger partial charge in [-0.1, -0.05) is 19.9 Å². The first-order chi connectivity index (χ1) is 7.54. The van der Waals surface area contributed by atoms with Crippen molar-refractivity contribution in [3.05, 3.63) is 28.2 Å². The fourth-order valence-electron chi connectivity index (χ4n) is 1.24. The van der Waals surface area contributed by atoms with E-state index in [1.54, 1.807) is 0 Å². The summed E-state index contributed by atoms with van der Waals surface area (Å²) in [6.07, 6.45) is 0.858. The topological polar surface area (TPSA) is 26.3 Å². The molecule has 1 unspecified atom stereocenters. The van der Waals surface area contributed by atoms with Gasteiger partial charge >= 0.3 is 0 Å². The molecule has 1 atom stereocenters. The average Bonchev–Trinajstić information content (AvgIpc) is 2.26. The van der Waals surface area contributed by atoms with E-state index in [1.165, 1.54) is 0 Å². The van der Waals surface area contributed by atoms with Crippen molar-refractivity contribution in [2.24, 2.45) is 5.92 Å². The van der Waals surface area contributed by atoms with Crippen molar-refractivity contribution >= 4 is 21.7 Å². The Morgan fingerprint density at radius 2 is 2.19 bits per heavy atom. The van der Waals surface area contributed by atoms with Crippen LogP contribution in [0.5, 0.6) is 5.75 Å². The van der Waals surface area contributed by atoms with Gasteiger partial charge in [0.1, 0.15) is 12.4 Å². The second-order valence-electron chi connectivity index (χ2n) is 4.00. The first-order valence-electron chi connectivity index (χ1n) is 5.46. The molecule has 2 nitrogen and oxygen atoms in total. The van der Waals surface area contributed by atoms with Gasteiger partial charge in [-0.2, -0.15) is 0 Å². The molecule has 0 radical (unpaired) electrons. The van der Waals surface area contributed by atoms with Gasteiger partial charge in [0.15, 0.2) is 5.78 Å². The molecule has 0 spiro atoms. The molecular weight excluding hydrogens is 268 g/mol. The maximum atomic E-state index is 11.6. The Balaban J connectivity index is 2.58. The molecule has 1 aromatic carbocycles. The molecule has 0 aliphatic rings. The van der Waals surface area contributed by atoms with Crippen LogP contribution in [0.4, 0.5) is 0 Å². The van der Waals surface area contributed by atoms with Crippen LogP contribution in [0.25, 0.3) is 0 Å². The number of carbonyl (C=O) groups is 1. The highest BCUT2D eigenvalue weighted by Gasteiger charge is 2.12. The van der Waals surface area contributed by atoms with Gasteiger partial charge in [0.05, 0.1) is 4.47 Å². The molecule has 0 fully saturated rings. The van der Waals surface area contributed by atoms with Gasteiger partial charge in [-0.3, -0.25) is 4.79 Å². The van der Waals surface area contributed by atoms with E-state index in [-0.39, 0.29) is 18.3 Å². The van der Waals surface area contributed by atoms with Crippen molar-refractivity contribution in [3.8, 4) is 5.75 Å². The lowest BCUT2D eigenvalue weighted by atomic mass is 10.0. The van der Waals surface area contributed by atoms with Gasteiger partial charge in [-0.25, -0.2) is 0 Å². The Morgan fingerprint density at radius 1 is 1.50 bits per heavy atom. The van der Waals surface area contributed by atoms with Crippen LogP contribution in [-0.2, 0) is 4.79 Å². The second-order valence-corrected chi connectivity index (χ2v) is 4.85. The zero-order valence-corrected chi connectivity index (χ0v) is 11.5. The number of carbonyl (C=O) groups excluding carboxylic acids is 1. The number of Topliss-reactive ketones (excluding diaryl/α,β-unsaturated/α-hetero) is 1. The molecule has 0 bridgehead atoms. The van der Waals surface area contributed by atoms with Gasteiger partial charge < -0.3 is 4.74 Å². The highest BCUT2D eigenvalue weighted by molar-refractivity contribution is 9.10. The molecule has 0 aliphatic heterocycles. The van der Waals surface area contributed by atoms with E-state index in [0.717, 1.165) is 22.2 Å². The molecule has 0 N–H and O–H groups in total. The van der Waals surface area contributed by atoms with E-state index in [4.69, 9.17) is 4.74 Å². The summed E-state index contributed by atoms with van der Waals surface area (Å²) in [7, 11) is 0. The van der Waals surface area contributed by atoms with E-state index in [9.17, 15) is 4.79 Å². The lowest BCUT2D eigenvalue weighted by molar-refractivity contribution is -0.124. The molecule has 0 saturated heterocycles. The highest BCUT2D eigenvalue weighted by atomic mass is 79.9. The molecule has 0 saturated carbocycles. The van der Waals surface area contributed by atoms with Crippen LogP contribution in [0, 0.1) is 12.8 Å². The predicted octanol–water partition coefficient (Wildman–Crippen LogP) is 3.75. The molecule has 0 heterocycles. The van der Waals surface area contributed by atoms with E-state index >= 15 is 0 Å². The molecule has 88 valence electrons. The molecule has 0 amide bonds. The maximum absolute atomic E-state index is 11.6. The standard InChI is InChI=1S/C13H17BrO2/c1-4-10(3)12(15)8-16-13-6-5-9(2)7-11(13)14/h5-7,10H,4,8H2,1-3H3. The summed E-state index contributed by atoms with van der Waals surface area (Å²) in [6, 6.07) is 5.82. The van der Waals surface area contributed by atoms with E-state index < -0.39 is 0 Å². The molecule has 1 rings (SSSR count). The Kier molecular flexibility index (Phi) is 5.00. The van der Waals surface area contributed by atoms with Gasteiger partial charge in [0.2, 0.25) is 0 Å². The minimum absolute atomic E-state index is 0.0734. The highest BCUT2D eigenvalue weighted by Crippen LogP contribution is 2.25. The molecule has 16 heavy (non-hydrogen) atoms. The first-order valence-corrected chi connectivity index (χ1v) is 6.25. The maximum Gasteiger partial charge on any atom is 0.172 e. The fraction of sp³-hybridized carbons (Fsp3) is 0.462. The van der Waals surface area contributed by atoms with Gasteiger partial charge in [-0.05, 0) is 47.0 Å². The van der Waals surface area contributed by atoms with Crippen molar-refractivity contribution in [3.63, 3.8) is 0 Å². The number of halogens is 1. The number of hydrogen-bond acceptors (Lipinski definition) is 2. The molecule has 0 aromatic heterocycles. The number of aryl methyl sites for hydroxylation is 1. The van der Waals surface area contributed by atoms with Crippen LogP contribution >= 0.6 is 15.9 Å². The predicted molar refractivity (Wildman–Crippen MR) is 68.8 cm³/mol. The number of ketones is 1. The largest absolute Gasteiger partial charge is 0.485 e. The minimum Gasteiger partial charge on any atom is -0.485 e. The fourth-order valence-corrected chi connectivity index (χ4v) is 1.85. The third-order valence-electron chi connectivity index (χ3n) is 2.62. The summed E-state index contributed by atoms with van der Waals surface area (Å²) in [6.45, 7) is 6.09. The number of ether oxygens (including phenoxy) is 1. The van der Waals surface area contributed by atoms with Crippen molar-refractivity contribution in [1.29, 1.82) is 0 Å². The van der Waals surface area contributed by atoms with E-state index in [0.29, 0.717) is 0 Å². The third-order valence-corrected chi connectivity index (χ3v) is 3.24. The quantitative estimate of drug-likeness (QED) is 0.823. The zero-order valence-electron chi connectivity index (χ0n) is 9.92. The lowest BCUT2D eigenvalue weighted by Crippen LogP contribution is -2.18. The molecule has 1 aromatic rings. The van der Waals surface area contributed by atoms with Gasteiger partial charge in [0, 0.05) is 5.92 Å². The van der Waals surface area contributed by atoms with E-state index in [1.807, 2.05) is 39.0 Å². The van der Waals surface area contributed by atoms with E-state index in [2.05, 4.69) is 15.9 Å². The summed E-state index contributed by atoms with van der Waals surface area (Å²) in [4.78, 5) is 11.6. The Morgan fingerprint density at radius 3 is 2.75 bits per heavy atom. The Labute approximate surface area is 105 Å². The van der Waals surface area contributed by atoms with Crippen LogP contribution in [-0.4, -0.2) is 12.4 Å². The molecule has 0 aliphatic carbocycles. The van der Waals surface area contributed by atoms with Gasteiger partial charge in [-0.15, -0.1) is 0 Å². The smallest absolute Gasteiger partial charge is 0.172 e. The minimum atomic E-state index is 0.0734. The summed E-state index contributed by atoms with van der Waals surface area (Å²) in [5.74, 6) is 0.946. The van der Waals surface area contributed by atoms with Crippen LogP contribution < -0.4 is 4.74 Å². The summed E-state index contributed by atoms with van der Waals surface area (Å²) in [5.41, 5.74) is 1.16. The van der Waals surface area contributed by atoms with Crippen molar-refractivity contribution < 1.29 is 9.53 Å². The summed E-state index contributed by atoms with van der Waals surface area (Å²) in [5, 5.41) is 0. The van der Waals surface area contributed by atoms with Crippen molar-refractivity contribution in [2.45, 2.75) is 27.2 Å². The van der Waals surface area contributed by atoms with Crippen LogP contribution in [0.1, 0.15) is 25.8 Å². The average molecular weight is 285 g/mol. The molecule has 3 heteroatoms. The summed E-state index contributed by atoms with van der Waals surface area (Å²) < 4.78 is 6.37. The Bertz CT molecular complexity index is 374. The summed E-state index contributed by atoms with van der Waals surface area (Å²) >= 11 is 3.42. The number of rotatable bonds is 5. The van der Waals surface area contributed by atoms with Crippen LogP contribution in [0.15, 0.2) is 22.7 Å². The van der Waals surface area contributed by atoms with Crippen molar-refractivity contribution in [2.75, 3.05) is 6.61 Å². The Hall–Kier alpha value is -0.830. The number of hydrogen-bond donors (Lipinski definition) is 0. The van der Waals surface area contributed by atoms with Gasteiger partial charge in [0.25, 0.3) is 0 Å².